The third-order valence-electron chi connectivity index (χ3n) is 9.58. The molecule has 3 aromatic rings. The van der Waals surface area contributed by atoms with Gasteiger partial charge in [-0.2, -0.15) is 19.0 Å². The summed E-state index contributed by atoms with van der Waals surface area (Å²) in [5.74, 6) is -5.06. The average molecular weight is 581 g/mol. The summed E-state index contributed by atoms with van der Waals surface area (Å²) in [4.78, 5) is 0. The second-order valence-electron chi connectivity index (χ2n) is 11.7. The van der Waals surface area contributed by atoms with E-state index in [-0.39, 0.29) is 18.1 Å². The van der Waals surface area contributed by atoms with Gasteiger partial charge in [-0.05, 0) is 103 Å². The number of phenols is 1. The Kier molecular flexibility index (Phi) is 7.45. The summed E-state index contributed by atoms with van der Waals surface area (Å²) >= 11 is 0. The number of halogens is 4. The Hall–Kier alpha value is -3.88. The van der Waals surface area contributed by atoms with Gasteiger partial charge in [0.2, 0.25) is 11.6 Å². The fourth-order valence-electron chi connectivity index (χ4n) is 7.51. The van der Waals surface area contributed by atoms with Crippen molar-refractivity contribution < 1.29 is 32.1 Å². The molecule has 0 aromatic heterocycles. The summed E-state index contributed by atoms with van der Waals surface area (Å²) in [5.41, 5.74) is 4.83. The van der Waals surface area contributed by atoms with Crippen molar-refractivity contribution in [2.75, 3.05) is 7.11 Å². The number of nitrogens with zero attached hydrogens (tertiary/aromatic N) is 2. The first-order valence-corrected chi connectivity index (χ1v) is 14.2. The van der Waals surface area contributed by atoms with E-state index in [0.717, 1.165) is 44.2 Å². The van der Waals surface area contributed by atoms with Gasteiger partial charge in [-0.25, -0.2) is 8.78 Å². The summed E-state index contributed by atoms with van der Waals surface area (Å²) in [6.45, 7) is 1.93. The fraction of sp³-hybridized carbons (Fsp3) is 0.394. The molecule has 3 aliphatic rings. The van der Waals surface area contributed by atoms with Crippen molar-refractivity contribution in [2.24, 2.45) is 27.5 Å². The number of hydrogen-bond acceptors (Lipinski definition) is 5. The van der Waals surface area contributed by atoms with E-state index in [1.54, 1.807) is 30.5 Å². The maximum absolute atomic E-state index is 14.1. The van der Waals surface area contributed by atoms with E-state index in [1.165, 1.54) is 18.2 Å². The van der Waals surface area contributed by atoms with Crippen LogP contribution >= 0.6 is 0 Å². The molecule has 220 valence electrons. The lowest BCUT2D eigenvalue weighted by atomic mass is 9.55. The summed E-state index contributed by atoms with van der Waals surface area (Å²) < 4.78 is 65.8. The zero-order valence-corrected chi connectivity index (χ0v) is 23.5. The largest absolute Gasteiger partial charge is 0.508 e. The van der Waals surface area contributed by atoms with Gasteiger partial charge in [0.15, 0.2) is 17.4 Å². The standard InChI is InChI=1S/C33H32F4N2O3/c1-33-12-11-23-22-7-5-21(40)14-19(22)4-6-24(23)25(33)8-10-29(33)39-38-16-18-3-9-28(41-2)20(13-18)17-42-32-30(36)26(34)15-27(35)31(32)37/h3,5,7,9,13-16,23-25,40H,4,6,8,10-12,17H2,1-2H3/b38-16-,39-29-/t23-,24+,25+,33+/m1/s1. The van der Waals surface area contributed by atoms with Crippen molar-refractivity contribution in [1.82, 2.24) is 0 Å². The van der Waals surface area contributed by atoms with Gasteiger partial charge in [-0.3, -0.25) is 0 Å². The highest BCUT2D eigenvalue weighted by atomic mass is 19.2. The number of hydrogen-bond donors (Lipinski definition) is 1. The molecule has 0 amide bonds. The van der Waals surface area contributed by atoms with Gasteiger partial charge in [0, 0.05) is 22.8 Å². The van der Waals surface area contributed by atoms with Crippen LogP contribution in [0.25, 0.3) is 0 Å². The quantitative estimate of drug-likeness (QED) is 0.140. The number of aromatic hydroxyl groups is 1. The highest BCUT2D eigenvalue weighted by Gasteiger charge is 2.53. The zero-order chi connectivity index (χ0) is 29.6. The molecule has 0 heterocycles. The van der Waals surface area contributed by atoms with Crippen molar-refractivity contribution in [3.8, 4) is 17.2 Å². The minimum absolute atomic E-state index is 0.0137. The van der Waals surface area contributed by atoms with Gasteiger partial charge >= 0.3 is 0 Å². The van der Waals surface area contributed by atoms with Crippen LogP contribution in [0.15, 0.2) is 52.7 Å². The van der Waals surface area contributed by atoms with Crippen LogP contribution in [-0.2, 0) is 13.0 Å². The monoisotopic (exact) mass is 580 g/mol. The molecule has 2 saturated carbocycles. The van der Waals surface area contributed by atoms with Crippen molar-refractivity contribution in [3.05, 3.63) is 88.0 Å². The Bertz CT molecular complexity index is 1560. The molecule has 9 heteroatoms. The molecule has 2 fully saturated rings. The number of phenolic OH excluding ortho intramolecular Hbond substituents is 1. The molecule has 5 nitrogen and oxygen atoms in total. The molecule has 0 radical (unpaired) electrons. The number of benzene rings is 3. The van der Waals surface area contributed by atoms with Crippen molar-refractivity contribution in [2.45, 2.75) is 58.0 Å². The first-order valence-electron chi connectivity index (χ1n) is 14.2. The Balaban J connectivity index is 1.18. The van der Waals surface area contributed by atoms with Crippen LogP contribution in [0.2, 0.25) is 0 Å². The van der Waals surface area contributed by atoms with Gasteiger partial charge in [0.05, 0.1) is 13.3 Å². The summed E-state index contributed by atoms with van der Waals surface area (Å²) in [5, 5.41) is 19.0. The molecular weight excluding hydrogens is 548 g/mol. The van der Waals surface area contributed by atoms with Crippen molar-refractivity contribution >= 4 is 11.9 Å². The third kappa shape index (κ3) is 4.92. The Morgan fingerprint density at radius 2 is 1.76 bits per heavy atom. The highest BCUT2D eigenvalue weighted by Crippen LogP contribution is 2.60. The average Bonchev–Trinajstić information content (AvgIpc) is 3.32. The van der Waals surface area contributed by atoms with Crippen LogP contribution in [0.4, 0.5) is 17.6 Å². The minimum atomic E-state index is -1.60. The summed E-state index contributed by atoms with van der Waals surface area (Å²) in [6.07, 6.45) is 7.79. The second kappa shape index (κ2) is 11.1. The lowest BCUT2D eigenvalue weighted by molar-refractivity contribution is 0.0955. The number of methoxy groups -OCH3 is 1. The molecular formula is C33H32F4N2O3. The predicted octanol–water partition coefficient (Wildman–Crippen LogP) is 7.87. The molecule has 3 aromatic carbocycles. The highest BCUT2D eigenvalue weighted by molar-refractivity contribution is 5.93. The van der Waals surface area contributed by atoms with Gasteiger partial charge in [0.1, 0.15) is 18.1 Å². The van der Waals surface area contributed by atoms with E-state index in [4.69, 9.17) is 9.47 Å². The normalized spacial score (nSPS) is 25.8. The van der Waals surface area contributed by atoms with E-state index >= 15 is 0 Å². The molecule has 0 aliphatic heterocycles. The van der Waals surface area contributed by atoms with Crippen LogP contribution < -0.4 is 9.47 Å². The van der Waals surface area contributed by atoms with Crippen molar-refractivity contribution in [1.29, 1.82) is 0 Å². The second-order valence-corrected chi connectivity index (χ2v) is 11.7. The SMILES string of the molecule is COc1ccc(/C=N\N=C2\CC[C@H]3[C@H]4CCc5cc(O)ccc5[C@H]4CC[C@]23C)cc1COc1c(F)c(F)cc(F)c1F. The maximum atomic E-state index is 14.1. The molecule has 0 saturated heterocycles. The number of aryl methyl sites for hydroxylation is 1. The third-order valence-corrected chi connectivity index (χ3v) is 9.58. The number of fused-ring (bicyclic) bond motifs is 5. The van der Waals surface area contributed by atoms with E-state index in [0.29, 0.717) is 40.4 Å². The molecule has 0 unspecified atom stereocenters. The molecule has 4 atom stereocenters. The molecule has 3 aliphatic carbocycles. The van der Waals surface area contributed by atoms with Crippen LogP contribution in [0, 0.1) is 40.5 Å². The lowest BCUT2D eigenvalue weighted by Crippen LogP contribution is -2.42. The summed E-state index contributed by atoms with van der Waals surface area (Å²) in [7, 11) is 1.43. The first-order chi connectivity index (χ1) is 20.2. The van der Waals surface area contributed by atoms with Crippen LogP contribution in [0.5, 0.6) is 17.2 Å². The Morgan fingerprint density at radius 1 is 0.976 bits per heavy atom. The van der Waals surface area contributed by atoms with E-state index < -0.39 is 29.0 Å². The molecule has 42 heavy (non-hydrogen) atoms. The Morgan fingerprint density at radius 3 is 2.52 bits per heavy atom. The molecule has 1 N–H and O–H groups in total. The van der Waals surface area contributed by atoms with Crippen LogP contribution in [0.3, 0.4) is 0 Å². The van der Waals surface area contributed by atoms with Gasteiger partial charge in [-0.1, -0.05) is 13.0 Å². The molecule has 6 rings (SSSR count). The molecule has 0 spiro atoms. The van der Waals surface area contributed by atoms with Crippen LogP contribution in [-0.4, -0.2) is 24.1 Å². The number of ether oxygens (including phenoxy) is 2. The first kappa shape index (κ1) is 28.2. The maximum Gasteiger partial charge on any atom is 0.203 e. The zero-order valence-electron chi connectivity index (χ0n) is 23.5. The predicted molar refractivity (Wildman–Crippen MR) is 151 cm³/mol. The van der Waals surface area contributed by atoms with Gasteiger partial charge in [0.25, 0.3) is 0 Å². The van der Waals surface area contributed by atoms with Gasteiger partial charge in [-0.15, -0.1) is 0 Å². The fourth-order valence-corrected chi connectivity index (χ4v) is 7.51. The van der Waals surface area contributed by atoms with Gasteiger partial charge < -0.3 is 14.6 Å². The number of rotatable bonds is 6. The van der Waals surface area contributed by atoms with E-state index in [1.807, 2.05) is 6.07 Å². The lowest BCUT2D eigenvalue weighted by Gasteiger charge is -2.49. The smallest absolute Gasteiger partial charge is 0.203 e. The Labute approximate surface area is 241 Å². The van der Waals surface area contributed by atoms with Crippen molar-refractivity contribution in [3.63, 3.8) is 0 Å². The summed E-state index contributed by atoms with van der Waals surface area (Å²) in [6, 6.07) is 11.0. The van der Waals surface area contributed by atoms with E-state index in [9.17, 15) is 22.7 Å². The topological polar surface area (TPSA) is 63.4 Å². The minimum Gasteiger partial charge on any atom is -0.508 e. The molecule has 0 bridgehead atoms. The van der Waals surface area contributed by atoms with Crippen LogP contribution in [0.1, 0.15) is 67.2 Å². The van der Waals surface area contributed by atoms with E-state index in [2.05, 4.69) is 23.2 Å².